The molecule has 0 saturated heterocycles. The minimum absolute atomic E-state index is 0.0627. The molecule has 34 heavy (non-hydrogen) atoms. The lowest BCUT2D eigenvalue weighted by atomic mass is 9.42. The lowest BCUT2D eigenvalue weighted by Gasteiger charge is -2.65. The molecule has 4 aliphatic carbocycles. The molecule has 4 saturated carbocycles. The highest BCUT2D eigenvalue weighted by Gasteiger charge is 2.68. The molecule has 4 rings (SSSR count). The highest BCUT2D eigenvalue weighted by Crippen LogP contribution is 2.69. The number of allylic oxidation sites excluding steroid dienone is 1. The van der Waals surface area contributed by atoms with E-state index >= 15 is 0 Å². The lowest BCUT2D eigenvalue weighted by Crippen LogP contribution is -2.69. The normalized spacial score (nSPS) is 52.4. The van der Waals surface area contributed by atoms with Crippen molar-refractivity contribution in [2.45, 2.75) is 109 Å². The summed E-state index contributed by atoms with van der Waals surface area (Å²) in [5, 5.41) is 64.3. The van der Waals surface area contributed by atoms with E-state index in [0.29, 0.717) is 19.3 Å². The van der Waals surface area contributed by atoms with Gasteiger partial charge < -0.3 is 30.6 Å². The van der Waals surface area contributed by atoms with Crippen molar-refractivity contribution in [2.75, 3.05) is 6.61 Å². The zero-order chi connectivity index (χ0) is 25.3. The van der Waals surface area contributed by atoms with Crippen LogP contribution in [0.4, 0.5) is 0 Å². The van der Waals surface area contributed by atoms with Crippen LogP contribution in [0, 0.1) is 46.3 Å². The minimum atomic E-state index is -1.27. The van der Waals surface area contributed by atoms with E-state index in [1.807, 2.05) is 13.0 Å². The fraction of sp³-hybridized carbons (Fsp3) is 0.929. The largest absolute Gasteiger partial charge is 0.393 e. The van der Waals surface area contributed by atoms with E-state index in [4.69, 9.17) is 0 Å². The molecule has 0 amide bonds. The van der Waals surface area contributed by atoms with Crippen molar-refractivity contribution in [3.05, 3.63) is 12.2 Å². The van der Waals surface area contributed by atoms with Gasteiger partial charge in [-0.3, -0.25) is 0 Å². The molecule has 4 fully saturated rings. The predicted octanol–water partition coefficient (Wildman–Crippen LogP) is 2.63. The molecule has 0 spiro atoms. The van der Waals surface area contributed by atoms with Crippen LogP contribution in [0.15, 0.2) is 12.2 Å². The maximum absolute atomic E-state index is 11.6. The van der Waals surface area contributed by atoms with Crippen LogP contribution in [0.25, 0.3) is 0 Å². The van der Waals surface area contributed by atoms with Crippen LogP contribution in [0.5, 0.6) is 0 Å². The highest BCUT2D eigenvalue weighted by atomic mass is 16.3. The molecule has 0 aliphatic heterocycles. The van der Waals surface area contributed by atoms with E-state index in [2.05, 4.69) is 26.8 Å². The van der Waals surface area contributed by atoms with Gasteiger partial charge in [-0.1, -0.05) is 39.8 Å². The first-order valence-corrected chi connectivity index (χ1v) is 13.5. The van der Waals surface area contributed by atoms with Gasteiger partial charge in [0.25, 0.3) is 0 Å². The van der Waals surface area contributed by atoms with Gasteiger partial charge >= 0.3 is 0 Å². The van der Waals surface area contributed by atoms with E-state index in [1.165, 1.54) is 0 Å². The van der Waals surface area contributed by atoms with Crippen molar-refractivity contribution in [2.24, 2.45) is 46.3 Å². The molecule has 6 heteroatoms. The molecule has 0 bridgehead atoms. The zero-order valence-electron chi connectivity index (χ0n) is 21.7. The van der Waals surface area contributed by atoms with E-state index in [0.717, 1.165) is 19.3 Å². The Labute approximate surface area is 205 Å². The third-order valence-electron chi connectivity index (χ3n) is 11.5. The Morgan fingerprint density at radius 3 is 2.35 bits per heavy atom. The third kappa shape index (κ3) is 3.83. The molecule has 0 heterocycles. The Hall–Kier alpha value is -0.500. The first-order valence-electron chi connectivity index (χ1n) is 13.5. The van der Waals surface area contributed by atoms with Gasteiger partial charge in [0.2, 0.25) is 0 Å². The number of hydrogen-bond donors (Lipinski definition) is 6. The van der Waals surface area contributed by atoms with Crippen LogP contribution in [0.2, 0.25) is 0 Å². The summed E-state index contributed by atoms with van der Waals surface area (Å²) in [5.41, 5.74) is -2.94. The fourth-order valence-electron chi connectivity index (χ4n) is 9.02. The summed E-state index contributed by atoms with van der Waals surface area (Å²) >= 11 is 0. The Kier molecular flexibility index (Phi) is 6.88. The van der Waals surface area contributed by atoms with Crippen LogP contribution in [0.1, 0.15) is 79.6 Å². The average Bonchev–Trinajstić information content (AvgIpc) is 3.05. The van der Waals surface area contributed by atoms with Crippen molar-refractivity contribution >= 4 is 0 Å². The Morgan fingerprint density at radius 1 is 1.03 bits per heavy atom. The first kappa shape index (κ1) is 26.6. The Bertz CT molecular complexity index is 783. The molecule has 6 N–H and O–H groups in total. The van der Waals surface area contributed by atoms with Gasteiger partial charge in [-0.2, -0.15) is 0 Å². The Morgan fingerprint density at radius 2 is 1.71 bits per heavy atom. The zero-order valence-corrected chi connectivity index (χ0v) is 21.7. The topological polar surface area (TPSA) is 121 Å². The van der Waals surface area contributed by atoms with Crippen molar-refractivity contribution in [1.82, 2.24) is 0 Å². The van der Waals surface area contributed by atoms with Crippen molar-refractivity contribution in [3.63, 3.8) is 0 Å². The molecular formula is C28H48O6. The number of hydrogen-bond acceptors (Lipinski definition) is 6. The third-order valence-corrected chi connectivity index (χ3v) is 11.5. The summed E-state index contributed by atoms with van der Waals surface area (Å²) in [6, 6.07) is 0. The molecule has 13 atom stereocenters. The standard InChI is InChI=1S/C28H48O6/c1-16(6-7-17(2)27(5,33)15-29)21-13-22(31)24-19-12-23(32)28(34)14-18(30)8-11-26(28,4)20(19)9-10-25(21,24)3/h6-7,16-24,29-34H,8-15H2,1-5H3/b7-6+/t16-,17-,18+,19-,20+,21-,22-,23-,24-,25-,26-,27+,28+/m1/s1. The van der Waals surface area contributed by atoms with Crippen LogP contribution >= 0.6 is 0 Å². The Balaban J connectivity index is 1.59. The van der Waals surface area contributed by atoms with Crippen LogP contribution in [0.3, 0.4) is 0 Å². The molecule has 6 nitrogen and oxygen atoms in total. The second-order valence-corrected chi connectivity index (χ2v) is 13.3. The van der Waals surface area contributed by atoms with E-state index in [9.17, 15) is 30.6 Å². The SMILES string of the molecule is C[C@H](/C=C/[C@@H](C)[C@@](C)(O)CO)[C@H]1C[C@@H](O)[C@H]2[C@@H]3C[C@@H](O)[C@@]4(O)C[C@@H](O)CC[C@]4(C)[C@H]3CC[C@@]21C. The van der Waals surface area contributed by atoms with Crippen molar-refractivity contribution in [1.29, 1.82) is 0 Å². The second-order valence-electron chi connectivity index (χ2n) is 13.3. The molecule has 4 aliphatic rings. The van der Waals surface area contributed by atoms with Crippen LogP contribution in [-0.4, -0.2) is 66.8 Å². The van der Waals surface area contributed by atoms with Gasteiger partial charge in [0.05, 0.1) is 36.1 Å². The maximum Gasteiger partial charge on any atom is 0.0985 e. The summed E-state index contributed by atoms with van der Waals surface area (Å²) in [6.45, 7) is 9.87. The first-order chi connectivity index (χ1) is 15.7. The molecule has 0 aromatic carbocycles. The number of aliphatic hydroxyl groups excluding tert-OH is 4. The maximum atomic E-state index is 11.6. The second kappa shape index (κ2) is 8.81. The van der Waals surface area contributed by atoms with Crippen molar-refractivity contribution in [3.8, 4) is 0 Å². The number of rotatable bonds is 5. The summed E-state index contributed by atoms with van der Waals surface area (Å²) in [5.74, 6) is 0.773. The average molecular weight is 481 g/mol. The van der Waals surface area contributed by atoms with Crippen molar-refractivity contribution < 1.29 is 30.6 Å². The number of aliphatic hydroxyl groups is 6. The van der Waals surface area contributed by atoms with Crippen LogP contribution < -0.4 is 0 Å². The lowest BCUT2D eigenvalue weighted by molar-refractivity contribution is -0.268. The van der Waals surface area contributed by atoms with Gasteiger partial charge in [0, 0.05) is 17.8 Å². The highest BCUT2D eigenvalue weighted by molar-refractivity contribution is 5.19. The van der Waals surface area contributed by atoms with E-state index < -0.39 is 34.9 Å². The van der Waals surface area contributed by atoms with Crippen LogP contribution in [-0.2, 0) is 0 Å². The molecule has 0 unspecified atom stereocenters. The molecule has 196 valence electrons. The number of fused-ring (bicyclic) bond motifs is 5. The van der Waals surface area contributed by atoms with E-state index in [1.54, 1.807) is 6.92 Å². The summed E-state index contributed by atoms with van der Waals surface area (Å²) in [7, 11) is 0. The molecule has 0 aromatic rings. The summed E-state index contributed by atoms with van der Waals surface area (Å²) in [4.78, 5) is 0. The smallest absolute Gasteiger partial charge is 0.0985 e. The molecule has 0 aromatic heterocycles. The minimum Gasteiger partial charge on any atom is -0.393 e. The molecular weight excluding hydrogens is 432 g/mol. The van der Waals surface area contributed by atoms with Gasteiger partial charge in [0.1, 0.15) is 0 Å². The summed E-state index contributed by atoms with van der Waals surface area (Å²) < 4.78 is 0. The monoisotopic (exact) mass is 480 g/mol. The van der Waals surface area contributed by atoms with Gasteiger partial charge in [-0.05, 0) is 80.5 Å². The van der Waals surface area contributed by atoms with Gasteiger partial charge in [-0.25, -0.2) is 0 Å². The summed E-state index contributed by atoms with van der Waals surface area (Å²) in [6.07, 6.45) is 6.98. The fourth-order valence-corrected chi connectivity index (χ4v) is 9.02. The van der Waals surface area contributed by atoms with Gasteiger partial charge in [-0.15, -0.1) is 0 Å². The quantitative estimate of drug-likeness (QED) is 0.337. The van der Waals surface area contributed by atoms with Gasteiger partial charge in [0.15, 0.2) is 0 Å². The van der Waals surface area contributed by atoms with E-state index in [-0.39, 0.29) is 54.0 Å². The molecule has 0 radical (unpaired) electrons. The predicted molar refractivity (Wildman–Crippen MR) is 131 cm³/mol.